The van der Waals surface area contributed by atoms with E-state index in [1.54, 1.807) is 10.6 Å². The van der Waals surface area contributed by atoms with Crippen molar-refractivity contribution in [2.45, 2.75) is 25.7 Å². The van der Waals surface area contributed by atoms with Crippen LogP contribution in [0.1, 0.15) is 30.7 Å². The summed E-state index contributed by atoms with van der Waals surface area (Å²) in [5, 5.41) is 0.564. The van der Waals surface area contributed by atoms with E-state index in [1.807, 2.05) is 71.6 Å². The molecule has 0 saturated heterocycles. The number of hydrogen-bond donors (Lipinski definition) is 0. The summed E-state index contributed by atoms with van der Waals surface area (Å²) in [6.45, 7) is 2.73. The Kier molecular flexibility index (Phi) is 5.39. The molecule has 6 heteroatoms. The van der Waals surface area contributed by atoms with E-state index in [9.17, 15) is 9.59 Å². The van der Waals surface area contributed by atoms with E-state index in [1.165, 1.54) is 0 Å². The number of nitrogens with zero attached hydrogens (tertiary/aromatic N) is 3. The first-order valence-electron chi connectivity index (χ1n) is 10.8. The van der Waals surface area contributed by atoms with Crippen molar-refractivity contribution in [3.05, 3.63) is 99.0 Å². The highest BCUT2D eigenvalue weighted by Crippen LogP contribution is 2.40. The van der Waals surface area contributed by atoms with Gasteiger partial charge in [0, 0.05) is 23.1 Å². The summed E-state index contributed by atoms with van der Waals surface area (Å²) in [7, 11) is 0. The van der Waals surface area contributed by atoms with Crippen LogP contribution in [-0.4, -0.2) is 22.0 Å². The van der Waals surface area contributed by atoms with Crippen LogP contribution in [0.5, 0.6) is 0 Å². The Morgan fingerprint density at radius 3 is 2.50 bits per heavy atom. The average Bonchev–Trinajstić information content (AvgIpc) is 3.05. The molecule has 0 aliphatic carbocycles. The number of aromatic nitrogens is 2. The van der Waals surface area contributed by atoms with E-state index in [2.05, 4.69) is 22.9 Å². The molecule has 0 spiro atoms. The van der Waals surface area contributed by atoms with Gasteiger partial charge in [-0.1, -0.05) is 53.2 Å². The molecule has 5 rings (SSSR count). The molecular weight excluding hydrogens is 466 g/mol. The number of anilines is 1. The number of carbonyl (C=O) groups excluding carboxylic acids is 1. The third kappa shape index (κ3) is 3.45. The summed E-state index contributed by atoms with van der Waals surface area (Å²) >= 11 is 3.55. The first kappa shape index (κ1) is 20.6. The van der Waals surface area contributed by atoms with Gasteiger partial charge in [-0.2, -0.15) is 0 Å². The Hall–Kier alpha value is -3.25. The van der Waals surface area contributed by atoms with Crippen LogP contribution >= 0.6 is 15.9 Å². The molecule has 5 nitrogen and oxygen atoms in total. The zero-order valence-electron chi connectivity index (χ0n) is 17.7. The molecule has 0 unspecified atom stereocenters. The molecule has 0 saturated carbocycles. The number of fused-ring (bicyclic) bond motifs is 2. The van der Waals surface area contributed by atoms with Crippen molar-refractivity contribution in [3.63, 3.8) is 0 Å². The molecule has 3 aromatic carbocycles. The molecular formula is C26H22BrN3O2. The standard InChI is InChI=1S/C26H22BrN3O2/c1-2-14-29-23-13-12-17(27)15-20(23)21(25(29)31)16-24-28-22-11-7-6-10-19(22)26(32)30(24)18-8-4-3-5-9-18/h3-13,15,21H,2,14,16H2,1H3/t21-/m1/s1. The third-order valence-electron chi connectivity index (χ3n) is 5.91. The number of hydrogen-bond acceptors (Lipinski definition) is 3. The number of amides is 1. The summed E-state index contributed by atoms with van der Waals surface area (Å²) in [6.07, 6.45) is 1.22. The molecule has 1 aliphatic rings. The van der Waals surface area contributed by atoms with E-state index in [0.717, 1.165) is 27.8 Å². The summed E-state index contributed by atoms with van der Waals surface area (Å²) < 4.78 is 2.58. The van der Waals surface area contributed by atoms with Crippen molar-refractivity contribution in [1.82, 2.24) is 9.55 Å². The lowest BCUT2D eigenvalue weighted by Crippen LogP contribution is -2.31. The predicted octanol–water partition coefficient (Wildman–Crippen LogP) is 5.23. The first-order chi connectivity index (χ1) is 15.6. The van der Waals surface area contributed by atoms with E-state index in [0.29, 0.717) is 29.7 Å². The maximum atomic E-state index is 13.5. The number of halogens is 1. The van der Waals surface area contributed by atoms with E-state index < -0.39 is 5.92 Å². The Balaban J connectivity index is 1.69. The molecule has 1 aromatic heterocycles. The Labute approximate surface area is 194 Å². The highest BCUT2D eigenvalue weighted by atomic mass is 79.9. The topological polar surface area (TPSA) is 55.2 Å². The number of benzene rings is 3. The number of para-hydroxylation sites is 2. The van der Waals surface area contributed by atoms with E-state index >= 15 is 0 Å². The fourth-order valence-electron chi connectivity index (χ4n) is 4.48. The van der Waals surface area contributed by atoms with Crippen molar-refractivity contribution in [2.75, 3.05) is 11.4 Å². The lowest BCUT2D eigenvalue weighted by Gasteiger charge is -2.18. The molecule has 1 aliphatic heterocycles. The van der Waals surface area contributed by atoms with Crippen LogP contribution in [0.25, 0.3) is 16.6 Å². The van der Waals surface area contributed by atoms with E-state index in [-0.39, 0.29) is 11.5 Å². The summed E-state index contributed by atoms with van der Waals surface area (Å²) in [5.41, 5.74) is 3.18. The first-order valence-corrected chi connectivity index (χ1v) is 11.5. The van der Waals surface area contributed by atoms with Crippen molar-refractivity contribution in [3.8, 4) is 5.69 Å². The maximum absolute atomic E-state index is 13.5. The second kappa shape index (κ2) is 8.36. The minimum Gasteiger partial charge on any atom is -0.312 e. The number of rotatable bonds is 5. The second-order valence-corrected chi connectivity index (χ2v) is 8.89. The van der Waals surface area contributed by atoms with Gasteiger partial charge in [0.15, 0.2) is 0 Å². The molecule has 32 heavy (non-hydrogen) atoms. The minimum atomic E-state index is -0.392. The van der Waals surface area contributed by atoms with Crippen LogP contribution in [0.3, 0.4) is 0 Å². The van der Waals surface area contributed by atoms with Crippen molar-refractivity contribution >= 4 is 38.4 Å². The lowest BCUT2D eigenvalue weighted by molar-refractivity contribution is -0.119. The van der Waals surface area contributed by atoms with E-state index in [4.69, 9.17) is 4.98 Å². The van der Waals surface area contributed by atoms with Gasteiger partial charge in [0.2, 0.25) is 5.91 Å². The van der Waals surface area contributed by atoms with Gasteiger partial charge in [-0.15, -0.1) is 0 Å². The summed E-state index contributed by atoms with van der Waals surface area (Å²) in [4.78, 5) is 33.7. The molecule has 0 radical (unpaired) electrons. The van der Waals surface area contributed by atoms with Crippen molar-refractivity contribution in [1.29, 1.82) is 0 Å². The minimum absolute atomic E-state index is 0.0574. The van der Waals surface area contributed by atoms with Crippen LogP contribution < -0.4 is 10.5 Å². The van der Waals surface area contributed by atoms with Crippen LogP contribution in [0.4, 0.5) is 5.69 Å². The van der Waals surface area contributed by atoms with Crippen LogP contribution in [0.2, 0.25) is 0 Å². The SMILES string of the molecule is CCCN1C(=O)[C@H](Cc2nc3ccccc3c(=O)n2-c2ccccc2)c2cc(Br)ccc21. The predicted molar refractivity (Wildman–Crippen MR) is 131 cm³/mol. The molecule has 0 N–H and O–H groups in total. The van der Waals surface area contributed by atoms with Gasteiger partial charge >= 0.3 is 0 Å². The fraction of sp³-hybridized carbons (Fsp3) is 0.192. The molecule has 160 valence electrons. The Morgan fingerprint density at radius 2 is 1.72 bits per heavy atom. The second-order valence-electron chi connectivity index (χ2n) is 7.97. The third-order valence-corrected chi connectivity index (χ3v) is 6.41. The summed E-state index contributed by atoms with van der Waals surface area (Å²) in [6, 6.07) is 22.8. The zero-order valence-corrected chi connectivity index (χ0v) is 19.2. The van der Waals surface area contributed by atoms with Gasteiger partial charge in [0.25, 0.3) is 5.56 Å². The van der Waals surface area contributed by atoms with Crippen LogP contribution in [0.15, 0.2) is 82.1 Å². The largest absolute Gasteiger partial charge is 0.312 e. The zero-order chi connectivity index (χ0) is 22.2. The monoisotopic (exact) mass is 487 g/mol. The van der Waals surface area contributed by atoms with Crippen molar-refractivity contribution < 1.29 is 4.79 Å². The van der Waals surface area contributed by atoms with Gasteiger partial charge in [0.05, 0.1) is 22.5 Å². The fourth-order valence-corrected chi connectivity index (χ4v) is 4.86. The molecule has 1 atom stereocenters. The molecule has 0 fully saturated rings. The van der Waals surface area contributed by atoms with Crippen LogP contribution in [-0.2, 0) is 11.2 Å². The van der Waals surface area contributed by atoms with Gasteiger partial charge < -0.3 is 4.90 Å². The summed E-state index contributed by atoms with van der Waals surface area (Å²) in [5.74, 6) is 0.251. The highest BCUT2D eigenvalue weighted by molar-refractivity contribution is 9.10. The van der Waals surface area contributed by atoms with Gasteiger partial charge in [-0.3, -0.25) is 14.2 Å². The van der Waals surface area contributed by atoms with Crippen LogP contribution in [0, 0.1) is 0 Å². The van der Waals surface area contributed by atoms with Crippen molar-refractivity contribution in [2.24, 2.45) is 0 Å². The smallest absolute Gasteiger partial charge is 0.265 e. The Bertz CT molecular complexity index is 1380. The maximum Gasteiger partial charge on any atom is 0.265 e. The molecule has 0 bridgehead atoms. The number of carbonyl (C=O) groups is 1. The highest BCUT2D eigenvalue weighted by Gasteiger charge is 2.38. The molecule has 1 amide bonds. The lowest BCUT2D eigenvalue weighted by atomic mass is 9.96. The molecule has 4 aromatic rings. The van der Waals surface area contributed by atoms with Gasteiger partial charge in [-0.05, 0) is 54.4 Å². The normalized spacial score (nSPS) is 15.4. The average molecular weight is 488 g/mol. The van der Waals surface area contributed by atoms with Gasteiger partial charge in [0.1, 0.15) is 5.82 Å². The quantitative estimate of drug-likeness (QED) is 0.387. The molecule has 2 heterocycles. The Morgan fingerprint density at radius 1 is 0.969 bits per heavy atom. The van der Waals surface area contributed by atoms with Gasteiger partial charge in [-0.25, -0.2) is 4.98 Å².